The summed E-state index contributed by atoms with van der Waals surface area (Å²) in [4.78, 5) is 21.6. The largest absolute Gasteiger partial charge is 0.383 e. The first-order valence-corrected chi connectivity index (χ1v) is 5.41. The number of hydrogen-bond acceptors (Lipinski definition) is 7. The summed E-state index contributed by atoms with van der Waals surface area (Å²) in [7, 11) is 0. The van der Waals surface area contributed by atoms with Gasteiger partial charge in [-0.05, 0) is 0 Å². The van der Waals surface area contributed by atoms with E-state index < -0.39 is 0 Å². The minimum atomic E-state index is -0.278. The minimum Gasteiger partial charge on any atom is -0.383 e. The molecule has 0 aromatic carbocycles. The lowest BCUT2D eigenvalue weighted by atomic mass is 10.6. The molecule has 7 nitrogen and oxygen atoms in total. The van der Waals surface area contributed by atoms with Gasteiger partial charge in [0.15, 0.2) is 11.0 Å². The van der Waals surface area contributed by atoms with E-state index in [-0.39, 0.29) is 11.4 Å². The third kappa shape index (κ3) is 2.60. The number of nitrogen functional groups attached to an aromatic ring is 1. The van der Waals surface area contributed by atoms with Crippen LogP contribution in [0.25, 0.3) is 0 Å². The molecular formula is C8H9N5O2S. The number of nitrogens with zero attached hydrogens (tertiary/aromatic N) is 3. The van der Waals surface area contributed by atoms with Crippen LogP contribution in [0.3, 0.4) is 0 Å². The molecule has 8 heteroatoms. The fourth-order valence-corrected chi connectivity index (χ4v) is 1.78. The van der Waals surface area contributed by atoms with Crippen LogP contribution in [0, 0.1) is 6.92 Å². The van der Waals surface area contributed by atoms with Crippen molar-refractivity contribution in [3.8, 4) is 0 Å². The lowest BCUT2D eigenvalue weighted by Crippen LogP contribution is -2.09. The van der Waals surface area contributed by atoms with E-state index in [4.69, 9.17) is 10.3 Å². The summed E-state index contributed by atoms with van der Waals surface area (Å²) in [6.45, 7) is 1.71. The standard InChI is InChI=1S/C8H9N5O2S/c1-4-10-6(13-15-4)3-16-8-11-5(9)2-7(14)12-8/h2H,3H2,1H3,(H3,9,11,12,14). The van der Waals surface area contributed by atoms with Crippen molar-refractivity contribution in [2.45, 2.75) is 17.8 Å². The number of aromatic nitrogens is 4. The molecule has 0 aliphatic heterocycles. The van der Waals surface area contributed by atoms with Crippen molar-refractivity contribution >= 4 is 17.6 Å². The van der Waals surface area contributed by atoms with Gasteiger partial charge in [0.1, 0.15) is 5.82 Å². The van der Waals surface area contributed by atoms with Gasteiger partial charge < -0.3 is 15.2 Å². The molecule has 0 fully saturated rings. The molecule has 0 spiro atoms. The van der Waals surface area contributed by atoms with Gasteiger partial charge in [0.05, 0.1) is 5.75 Å². The van der Waals surface area contributed by atoms with Crippen molar-refractivity contribution < 1.29 is 4.52 Å². The summed E-state index contributed by atoms with van der Waals surface area (Å²) in [6.07, 6.45) is 0. The zero-order chi connectivity index (χ0) is 11.5. The Morgan fingerprint density at radius 3 is 3.00 bits per heavy atom. The summed E-state index contributed by atoms with van der Waals surface area (Å²) in [5.74, 6) is 1.71. The molecule has 2 rings (SSSR count). The van der Waals surface area contributed by atoms with Gasteiger partial charge in [0.2, 0.25) is 5.89 Å². The monoisotopic (exact) mass is 239 g/mol. The van der Waals surface area contributed by atoms with Gasteiger partial charge in [-0.3, -0.25) is 4.79 Å². The molecule has 0 amide bonds. The third-order valence-corrected chi connectivity index (χ3v) is 2.52. The zero-order valence-corrected chi connectivity index (χ0v) is 9.24. The van der Waals surface area contributed by atoms with Crippen LogP contribution in [-0.2, 0) is 5.75 Å². The molecule has 0 saturated heterocycles. The normalized spacial score (nSPS) is 10.6. The number of nitrogens with one attached hydrogen (secondary N) is 1. The van der Waals surface area contributed by atoms with Crippen molar-refractivity contribution in [3.05, 3.63) is 28.1 Å². The van der Waals surface area contributed by atoms with Crippen LogP contribution in [0.1, 0.15) is 11.7 Å². The molecule has 0 saturated carbocycles. The van der Waals surface area contributed by atoms with E-state index in [1.165, 1.54) is 17.8 Å². The first-order chi connectivity index (χ1) is 7.63. The Bertz CT molecular complexity index is 549. The molecule has 0 unspecified atom stereocenters. The first kappa shape index (κ1) is 10.7. The Labute approximate surface area is 94.5 Å². The molecule has 3 N–H and O–H groups in total. The second kappa shape index (κ2) is 4.35. The summed E-state index contributed by atoms with van der Waals surface area (Å²) in [6, 6.07) is 1.22. The maximum Gasteiger partial charge on any atom is 0.253 e. The molecule has 2 aromatic heterocycles. The highest BCUT2D eigenvalue weighted by Crippen LogP contribution is 2.16. The van der Waals surface area contributed by atoms with E-state index in [2.05, 4.69) is 20.1 Å². The second-order valence-electron chi connectivity index (χ2n) is 2.99. The number of aryl methyl sites for hydroxylation is 1. The van der Waals surface area contributed by atoms with Gasteiger partial charge in [-0.1, -0.05) is 16.9 Å². The average Bonchev–Trinajstić information content (AvgIpc) is 2.60. The van der Waals surface area contributed by atoms with E-state index >= 15 is 0 Å². The van der Waals surface area contributed by atoms with Crippen LogP contribution in [0.15, 0.2) is 20.5 Å². The van der Waals surface area contributed by atoms with Gasteiger partial charge >= 0.3 is 0 Å². The lowest BCUT2D eigenvalue weighted by Gasteiger charge is -1.98. The number of hydrogen-bond donors (Lipinski definition) is 2. The molecular weight excluding hydrogens is 230 g/mol. The topological polar surface area (TPSA) is 111 Å². The molecule has 0 radical (unpaired) electrons. The smallest absolute Gasteiger partial charge is 0.253 e. The highest BCUT2D eigenvalue weighted by molar-refractivity contribution is 7.98. The van der Waals surface area contributed by atoms with E-state index in [0.29, 0.717) is 22.6 Å². The van der Waals surface area contributed by atoms with E-state index in [9.17, 15) is 4.79 Å². The molecule has 84 valence electrons. The number of nitrogens with two attached hydrogens (primary N) is 1. The Balaban J connectivity index is 2.07. The van der Waals surface area contributed by atoms with Gasteiger partial charge in [-0.15, -0.1) is 0 Å². The number of rotatable bonds is 3. The van der Waals surface area contributed by atoms with Crippen molar-refractivity contribution in [2.75, 3.05) is 5.73 Å². The summed E-state index contributed by atoms with van der Waals surface area (Å²) in [5, 5.41) is 4.16. The maximum absolute atomic E-state index is 11.1. The molecule has 0 aliphatic rings. The van der Waals surface area contributed by atoms with Crippen molar-refractivity contribution in [1.29, 1.82) is 0 Å². The van der Waals surface area contributed by atoms with Crippen molar-refractivity contribution in [3.63, 3.8) is 0 Å². The third-order valence-electron chi connectivity index (χ3n) is 1.65. The van der Waals surface area contributed by atoms with Gasteiger partial charge in [-0.25, -0.2) is 4.98 Å². The molecule has 0 bridgehead atoms. The number of anilines is 1. The van der Waals surface area contributed by atoms with Crippen LogP contribution in [-0.4, -0.2) is 20.1 Å². The summed E-state index contributed by atoms with van der Waals surface area (Å²) < 4.78 is 4.81. The molecule has 0 atom stereocenters. The van der Waals surface area contributed by atoms with Gasteiger partial charge in [0.25, 0.3) is 5.56 Å². The van der Waals surface area contributed by atoms with Gasteiger partial charge in [0, 0.05) is 13.0 Å². The van der Waals surface area contributed by atoms with Crippen LogP contribution in [0.5, 0.6) is 0 Å². The Hall–Kier alpha value is -1.83. The van der Waals surface area contributed by atoms with Gasteiger partial charge in [-0.2, -0.15) is 4.98 Å². The molecule has 2 aromatic rings. The van der Waals surface area contributed by atoms with E-state index in [1.54, 1.807) is 6.92 Å². The predicted molar refractivity (Wildman–Crippen MR) is 57.9 cm³/mol. The highest BCUT2D eigenvalue weighted by atomic mass is 32.2. The SMILES string of the molecule is Cc1nc(CSc2nc(N)cc(=O)[nH]2)no1. The quantitative estimate of drug-likeness (QED) is 0.586. The lowest BCUT2D eigenvalue weighted by molar-refractivity contribution is 0.389. The molecule has 0 aliphatic carbocycles. The highest BCUT2D eigenvalue weighted by Gasteiger charge is 2.05. The average molecular weight is 239 g/mol. The molecule has 2 heterocycles. The Kier molecular flexibility index (Phi) is 2.91. The second-order valence-corrected chi connectivity index (χ2v) is 3.96. The zero-order valence-electron chi connectivity index (χ0n) is 8.43. The van der Waals surface area contributed by atoms with Crippen LogP contribution < -0.4 is 11.3 Å². The van der Waals surface area contributed by atoms with Crippen molar-refractivity contribution in [1.82, 2.24) is 20.1 Å². The Morgan fingerprint density at radius 1 is 1.56 bits per heavy atom. The molecule has 16 heavy (non-hydrogen) atoms. The minimum absolute atomic E-state index is 0.190. The summed E-state index contributed by atoms with van der Waals surface area (Å²) >= 11 is 1.28. The van der Waals surface area contributed by atoms with Crippen LogP contribution in [0.4, 0.5) is 5.82 Å². The fourth-order valence-electron chi connectivity index (χ4n) is 1.05. The van der Waals surface area contributed by atoms with Crippen LogP contribution >= 0.6 is 11.8 Å². The van der Waals surface area contributed by atoms with E-state index in [1.807, 2.05) is 0 Å². The van der Waals surface area contributed by atoms with E-state index in [0.717, 1.165) is 0 Å². The number of H-pyrrole nitrogens is 1. The Morgan fingerprint density at radius 2 is 2.38 bits per heavy atom. The van der Waals surface area contributed by atoms with Crippen molar-refractivity contribution in [2.24, 2.45) is 0 Å². The van der Waals surface area contributed by atoms with Crippen LogP contribution in [0.2, 0.25) is 0 Å². The summed E-state index contributed by atoms with van der Waals surface area (Å²) in [5.41, 5.74) is 5.16. The number of thioether (sulfide) groups is 1. The fraction of sp³-hybridized carbons (Fsp3) is 0.250. The first-order valence-electron chi connectivity index (χ1n) is 4.42. The number of aromatic amines is 1. The predicted octanol–water partition coefficient (Wildman–Crippen LogP) is 0.336. The maximum atomic E-state index is 11.1.